The van der Waals surface area contributed by atoms with E-state index < -0.39 is 5.97 Å². The van der Waals surface area contributed by atoms with Gasteiger partial charge < -0.3 is 10.2 Å². The summed E-state index contributed by atoms with van der Waals surface area (Å²) in [6.45, 7) is 0.0268. The number of carboxylic acid groups (broad SMARTS) is 1. The van der Waals surface area contributed by atoms with Gasteiger partial charge in [0.2, 0.25) is 11.6 Å². The molecule has 1 heterocycles. The van der Waals surface area contributed by atoms with Crippen molar-refractivity contribution in [2.24, 2.45) is 0 Å². The molecule has 4 nitrogen and oxygen atoms in total. The molecule has 0 saturated carbocycles. The molecular weight excluding hydrogens is 178 g/mol. The number of hydrogen-bond acceptors (Lipinski definition) is 3. The molecule has 12 heavy (non-hydrogen) atoms. The molecule has 1 aromatic heterocycles. The second-order valence-electron chi connectivity index (χ2n) is 2.29. The third kappa shape index (κ3) is 2.28. The average molecular weight is 188 g/mol. The number of aliphatic hydroxyl groups excluding tert-OH is 1. The third-order valence-corrected chi connectivity index (χ3v) is 2.37. The predicted octanol–water partition coefficient (Wildman–Crippen LogP) is -0.345. The molecule has 1 rings (SSSR count). The van der Waals surface area contributed by atoms with Crippen molar-refractivity contribution in [3.8, 4) is 0 Å². The number of aliphatic hydroxyl groups is 1. The number of hydrogen-bond donors (Lipinski definition) is 2. The quantitative estimate of drug-likeness (QED) is 0.635. The Morgan fingerprint density at radius 2 is 2.42 bits per heavy atom. The zero-order valence-electron chi connectivity index (χ0n) is 6.43. The van der Waals surface area contributed by atoms with Crippen LogP contribution in [0.15, 0.2) is 11.6 Å². The van der Waals surface area contributed by atoms with Gasteiger partial charge in [-0.25, -0.2) is 4.79 Å². The fraction of sp³-hybridized carbons (Fsp3) is 0.429. The number of aromatic nitrogens is 1. The summed E-state index contributed by atoms with van der Waals surface area (Å²) < 4.78 is 1.63. The molecule has 0 aromatic carbocycles. The van der Waals surface area contributed by atoms with Crippen molar-refractivity contribution in [3.05, 3.63) is 16.6 Å². The molecule has 0 amide bonds. The van der Waals surface area contributed by atoms with E-state index in [-0.39, 0.29) is 13.2 Å². The van der Waals surface area contributed by atoms with Gasteiger partial charge >= 0.3 is 5.97 Å². The summed E-state index contributed by atoms with van der Waals surface area (Å²) in [5.41, 5.74) is 0. The lowest BCUT2D eigenvalue weighted by molar-refractivity contribution is -0.688. The first-order valence-corrected chi connectivity index (χ1v) is 4.40. The van der Waals surface area contributed by atoms with Crippen LogP contribution in [0.3, 0.4) is 0 Å². The van der Waals surface area contributed by atoms with Gasteiger partial charge in [0.15, 0.2) is 6.20 Å². The Morgan fingerprint density at radius 3 is 3.00 bits per heavy atom. The van der Waals surface area contributed by atoms with E-state index in [0.29, 0.717) is 6.42 Å². The monoisotopic (exact) mass is 188 g/mol. The Balaban J connectivity index is 2.69. The highest BCUT2D eigenvalue weighted by molar-refractivity contribution is 7.09. The number of carbonyl (C=O) groups is 1. The zero-order chi connectivity index (χ0) is 8.97. The highest BCUT2D eigenvalue weighted by Crippen LogP contribution is 2.02. The summed E-state index contributed by atoms with van der Waals surface area (Å²) in [5.74, 6) is -0.863. The number of aliphatic carboxylic acids is 1. The summed E-state index contributed by atoms with van der Waals surface area (Å²) in [5, 5.41) is 19.8. The van der Waals surface area contributed by atoms with Gasteiger partial charge in [0.05, 0.1) is 18.4 Å². The Labute approximate surface area is 73.7 Å². The number of thiazole rings is 1. The van der Waals surface area contributed by atoms with Crippen LogP contribution in [0.4, 0.5) is 0 Å². The van der Waals surface area contributed by atoms with Crippen LogP contribution in [0.5, 0.6) is 0 Å². The Hall–Kier alpha value is -0.940. The zero-order valence-corrected chi connectivity index (χ0v) is 7.25. The second kappa shape index (κ2) is 4.18. The summed E-state index contributed by atoms with van der Waals surface area (Å²) in [6.07, 6.45) is 2.23. The molecule has 5 heteroatoms. The summed E-state index contributed by atoms with van der Waals surface area (Å²) in [6, 6.07) is 0. The van der Waals surface area contributed by atoms with E-state index in [1.165, 1.54) is 11.3 Å². The van der Waals surface area contributed by atoms with E-state index in [2.05, 4.69) is 0 Å². The highest BCUT2D eigenvalue weighted by atomic mass is 32.1. The van der Waals surface area contributed by atoms with Gasteiger partial charge in [-0.05, 0) is 0 Å². The molecule has 0 aliphatic rings. The minimum atomic E-state index is -0.863. The first-order valence-electron chi connectivity index (χ1n) is 3.52. The van der Waals surface area contributed by atoms with Gasteiger partial charge in [0.25, 0.3) is 0 Å². The van der Waals surface area contributed by atoms with Gasteiger partial charge in [0.1, 0.15) is 0 Å². The topological polar surface area (TPSA) is 61.4 Å². The van der Waals surface area contributed by atoms with Gasteiger partial charge in [-0.2, -0.15) is 4.57 Å². The van der Waals surface area contributed by atoms with Crippen molar-refractivity contribution < 1.29 is 19.6 Å². The molecule has 0 bridgehead atoms. The molecule has 0 radical (unpaired) electrons. The van der Waals surface area contributed by atoms with Crippen LogP contribution in [-0.2, 0) is 17.8 Å². The van der Waals surface area contributed by atoms with Crippen molar-refractivity contribution in [1.29, 1.82) is 0 Å². The van der Waals surface area contributed by atoms with Gasteiger partial charge in [0, 0.05) is 0 Å². The minimum absolute atomic E-state index is 0.0289. The first-order chi connectivity index (χ1) is 5.74. The molecule has 0 aliphatic heterocycles. The lowest BCUT2D eigenvalue weighted by Gasteiger charge is -1.91. The fourth-order valence-electron chi connectivity index (χ4n) is 0.918. The normalized spacial score (nSPS) is 10.1. The Kier molecular flexibility index (Phi) is 3.19. The lowest BCUT2D eigenvalue weighted by Crippen LogP contribution is -2.39. The number of nitrogens with zero attached hydrogens (tertiary/aromatic N) is 1. The standard InChI is InChI=1S/C7H9NO3S/c9-3-1-6-8(2-4-12-6)5-7(10)11/h2,4,9H,1,3,5H2/p+1. The van der Waals surface area contributed by atoms with Crippen LogP contribution in [-0.4, -0.2) is 22.8 Å². The van der Waals surface area contributed by atoms with Crippen LogP contribution in [0.25, 0.3) is 0 Å². The van der Waals surface area contributed by atoms with E-state index >= 15 is 0 Å². The van der Waals surface area contributed by atoms with Crippen molar-refractivity contribution in [2.75, 3.05) is 6.61 Å². The van der Waals surface area contributed by atoms with Crippen LogP contribution in [0.2, 0.25) is 0 Å². The smallest absolute Gasteiger partial charge is 0.370 e. The van der Waals surface area contributed by atoms with E-state index in [9.17, 15) is 4.79 Å². The molecule has 0 spiro atoms. The minimum Gasteiger partial charge on any atom is -0.477 e. The maximum atomic E-state index is 10.3. The molecule has 0 atom stereocenters. The van der Waals surface area contributed by atoms with Crippen LogP contribution in [0.1, 0.15) is 5.01 Å². The Morgan fingerprint density at radius 1 is 1.67 bits per heavy atom. The maximum Gasteiger partial charge on any atom is 0.370 e. The molecule has 0 unspecified atom stereocenters. The SMILES string of the molecule is O=C(O)C[n+]1ccsc1CCO. The molecular formula is C7H10NO3S+. The van der Waals surface area contributed by atoms with E-state index in [0.717, 1.165) is 5.01 Å². The summed E-state index contributed by atoms with van der Waals surface area (Å²) >= 11 is 1.46. The highest BCUT2D eigenvalue weighted by Gasteiger charge is 2.14. The molecule has 2 N–H and O–H groups in total. The third-order valence-electron chi connectivity index (χ3n) is 1.40. The van der Waals surface area contributed by atoms with Crippen LogP contribution >= 0.6 is 11.3 Å². The fourth-order valence-corrected chi connectivity index (χ4v) is 1.75. The lowest BCUT2D eigenvalue weighted by atomic mass is 10.4. The van der Waals surface area contributed by atoms with Crippen LogP contribution < -0.4 is 4.57 Å². The van der Waals surface area contributed by atoms with Crippen molar-refractivity contribution in [3.63, 3.8) is 0 Å². The van der Waals surface area contributed by atoms with Gasteiger partial charge in [-0.15, -0.1) is 0 Å². The summed E-state index contributed by atoms with van der Waals surface area (Å²) in [4.78, 5) is 10.3. The van der Waals surface area contributed by atoms with Crippen molar-refractivity contribution in [1.82, 2.24) is 0 Å². The Bertz CT molecular complexity index is 271. The molecule has 1 aromatic rings. The summed E-state index contributed by atoms with van der Waals surface area (Å²) in [7, 11) is 0. The van der Waals surface area contributed by atoms with E-state index in [1.54, 1.807) is 10.8 Å². The van der Waals surface area contributed by atoms with Gasteiger partial charge in [-0.3, -0.25) is 0 Å². The van der Waals surface area contributed by atoms with Crippen molar-refractivity contribution in [2.45, 2.75) is 13.0 Å². The van der Waals surface area contributed by atoms with E-state index in [1.807, 2.05) is 5.38 Å². The number of rotatable bonds is 4. The van der Waals surface area contributed by atoms with Crippen molar-refractivity contribution >= 4 is 17.3 Å². The number of carboxylic acids is 1. The average Bonchev–Trinajstić information content (AvgIpc) is 2.37. The largest absolute Gasteiger partial charge is 0.477 e. The molecule has 0 aliphatic carbocycles. The maximum absolute atomic E-state index is 10.3. The second-order valence-corrected chi connectivity index (χ2v) is 3.27. The van der Waals surface area contributed by atoms with Crippen LogP contribution in [0, 0.1) is 0 Å². The predicted molar refractivity (Wildman–Crippen MR) is 42.9 cm³/mol. The first kappa shape index (κ1) is 9.15. The van der Waals surface area contributed by atoms with E-state index in [4.69, 9.17) is 10.2 Å². The molecule has 66 valence electrons. The van der Waals surface area contributed by atoms with Gasteiger partial charge in [-0.1, -0.05) is 11.3 Å². The molecule has 0 saturated heterocycles. The molecule has 0 fully saturated rings.